The molecular weight excluding hydrogens is 462 g/mol. The lowest BCUT2D eigenvalue weighted by Gasteiger charge is -2.02. The lowest BCUT2D eigenvalue weighted by molar-refractivity contribution is -0.697. The third-order valence-electron chi connectivity index (χ3n) is 7.04. The number of hydrogen-bond donors (Lipinski definition) is 0. The van der Waals surface area contributed by atoms with Gasteiger partial charge < -0.3 is 4.42 Å². The summed E-state index contributed by atoms with van der Waals surface area (Å²) in [7, 11) is 0. The third-order valence-corrected chi connectivity index (χ3v) is 7.94. The third kappa shape index (κ3) is 15.0. The van der Waals surface area contributed by atoms with Gasteiger partial charge in [0, 0.05) is 24.3 Å². The molecule has 0 atom stereocenters. The molecule has 2 aromatic heterocycles. The smallest absolute Gasteiger partial charge is 0.276 e. The number of aryl methyl sites for hydroxylation is 1. The number of nitrogens with zero attached hydrogens (tertiary/aromatic N) is 3. The minimum Gasteiger partial charge on any atom is -0.411 e. The van der Waals surface area contributed by atoms with Crippen LogP contribution in [0.25, 0.3) is 11.5 Å². The van der Waals surface area contributed by atoms with Gasteiger partial charge in [-0.1, -0.05) is 135 Å². The molecule has 0 saturated heterocycles. The number of thioether (sulfide) groups is 1. The molecule has 0 saturated carbocycles. The molecule has 36 heavy (non-hydrogen) atoms. The molecule has 0 aliphatic carbocycles. The van der Waals surface area contributed by atoms with Crippen molar-refractivity contribution < 1.29 is 8.98 Å². The van der Waals surface area contributed by atoms with Crippen molar-refractivity contribution in [2.45, 2.75) is 154 Å². The topological polar surface area (TPSA) is 42.8 Å². The van der Waals surface area contributed by atoms with E-state index in [4.69, 9.17) is 4.42 Å². The van der Waals surface area contributed by atoms with Gasteiger partial charge in [-0.2, -0.15) is 0 Å². The van der Waals surface area contributed by atoms with Crippen LogP contribution in [0.5, 0.6) is 0 Å². The highest BCUT2D eigenvalue weighted by atomic mass is 32.2. The molecule has 0 unspecified atom stereocenters. The first kappa shape index (κ1) is 30.9. The molecular formula is C31H54N3OS+. The van der Waals surface area contributed by atoms with Crippen LogP contribution in [0.3, 0.4) is 0 Å². The zero-order chi connectivity index (χ0) is 25.5. The molecule has 0 N–H and O–H groups in total. The molecule has 0 bridgehead atoms. The Kier molecular flexibility index (Phi) is 18.6. The van der Waals surface area contributed by atoms with Crippen molar-refractivity contribution >= 4 is 11.8 Å². The van der Waals surface area contributed by atoms with E-state index in [9.17, 15) is 0 Å². The number of pyridine rings is 1. The van der Waals surface area contributed by atoms with Gasteiger partial charge >= 0.3 is 0 Å². The van der Waals surface area contributed by atoms with Gasteiger partial charge in [-0.05, 0) is 12.8 Å². The van der Waals surface area contributed by atoms with Crippen LogP contribution in [-0.2, 0) is 6.54 Å². The van der Waals surface area contributed by atoms with E-state index in [0.717, 1.165) is 17.9 Å². The summed E-state index contributed by atoms with van der Waals surface area (Å²) in [5, 5.41) is 9.21. The van der Waals surface area contributed by atoms with Crippen LogP contribution in [0.15, 0.2) is 34.2 Å². The summed E-state index contributed by atoms with van der Waals surface area (Å²) in [6.45, 7) is 5.65. The van der Waals surface area contributed by atoms with E-state index in [1.807, 2.05) is 0 Å². The van der Waals surface area contributed by atoms with E-state index >= 15 is 0 Å². The Morgan fingerprint density at radius 2 is 1.08 bits per heavy atom. The van der Waals surface area contributed by atoms with Crippen molar-refractivity contribution in [3.63, 3.8) is 0 Å². The molecule has 5 heteroatoms. The summed E-state index contributed by atoms with van der Waals surface area (Å²) in [5.41, 5.74) is 1.01. The molecule has 0 spiro atoms. The van der Waals surface area contributed by atoms with Gasteiger partial charge in [-0.15, -0.1) is 10.2 Å². The fourth-order valence-electron chi connectivity index (χ4n) is 4.66. The molecule has 0 aliphatic rings. The molecule has 0 radical (unpaired) electrons. The molecule has 0 aliphatic heterocycles. The Hall–Kier alpha value is -1.36. The lowest BCUT2D eigenvalue weighted by Crippen LogP contribution is -2.32. The average Bonchev–Trinajstić information content (AvgIpc) is 3.38. The SMILES string of the molecule is CCCCCCCCCCCCSc1nnc(-c2cc[n+](CCCCCCCCCCCC)cc2)o1. The largest absolute Gasteiger partial charge is 0.411 e. The summed E-state index contributed by atoms with van der Waals surface area (Å²) >= 11 is 1.69. The van der Waals surface area contributed by atoms with Gasteiger partial charge in [0.1, 0.15) is 6.54 Å². The zero-order valence-electron chi connectivity index (χ0n) is 23.5. The first-order chi connectivity index (χ1) is 17.8. The molecule has 0 aromatic carbocycles. The van der Waals surface area contributed by atoms with Crippen molar-refractivity contribution in [1.82, 2.24) is 10.2 Å². The first-order valence-corrected chi connectivity index (χ1v) is 16.3. The van der Waals surface area contributed by atoms with Crippen molar-refractivity contribution in [1.29, 1.82) is 0 Å². The van der Waals surface area contributed by atoms with Crippen molar-refractivity contribution in [3.05, 3.63) is 24.5 Å². The fourth-order valence-corrected chi connectivity index (χ4v) is 5.42. The summed E-state index contributed by atoms with van der Waals surface area (Å²) in [6, 6.07) is 4.20. The fraction of sp³-hybridized carbons (Fsp3) is 0.774. The van der Waals surface area contributed by atoms with Gasteiger partial charge in [-0.3, -0.25) is 0 Å². The second-order valence-corrected chi connectivity index (χ2v) is 11.5. The van der Waals surface area contributed by atoms with E-state index in [2.05, 4.69) is 53.1 Å². The van der Waals surface area contributed by atoms with E-state index in [1.165, 1.54) is 128 Å². The van der Waals surface area contributed by atoms with E-state index in [-0.39, 0.29) is 0 Å². The average molecular weight is 517 g/mol. The molecule has 0 amide bonds. The molecule has 2 rings (SSSR count). The predicted octanol–water partition coefficient (Wildman–Crippen LogP) is 9.96. The maximum atomic E-state index is 5.90. The lowest BCUT2D eigenvalue weighted by atomic mass is 10.1. The van der Waals surface area contributed by atoms with Crippen LogP contribution >= 0.6 is 11.8 Å². The van der Waals surface area contributed by atoms with Gasteiger partial charge in [0.25, 0.3) is 5.22 Å². The summed E-state index contributed by atoms with van der Waals surface area (Å²) in [5.74, 6) is 1.69. The number of unbranched alkanes of at least 4 members (excludes halogenated alkanes) is 18. The Balaban J connectivity index is 1.50. The zero-order valence-corrected chi connectivity index (χ0v) is 24.3. The standard InChI is InChI=1S/C31H54N3OS/c1-3-5-7-9-11-13-15-17-19-21-25-34-26-23-29(24-27-34)30-32-33-31(35-30)36-28-22-20-18-16-14-12-10-8-6-4-2/h23-24,26-27H,3-22,25,28H2,1-2H3/q+1. The summed E-state index contributed by atoms with van der Waals surface area (Å²) in [4.78, 5) is 0. The predicted molar refractivity (Wildman–Crippen MR) is 154 cm³/mol. The second kappa shape index (κ2) is 21.7. The van der Waals surface area contributed by atoms with Gasteiger partial charge in [-0.25, -0.2) is 4.57 Å². The van der Waals surface area contributed by atoms with Crippen molar-refractivity contribution in [2.75, 3.05) is 5.75 Å². The molecule has 204 valence electrons. The highest BCUT2D eigenvalue weighted by Gasteiger charge is 2.11. The second-order valence-electron chi connectivity index (χ2n) is 10.4. The van der Waals surface area contributed by atoms with Crippen LogP contribution in [0.4, 0.5) is 0 Å². The van der Waals surface area contributed by atoms with Crippen molar-refractivity contribution in [3.8, 4) is 11.5 Å². The Labute approximate surface area is 226 Å². The van der Waals surface area contributed by atoms with Crippen LogP contribution in [-0.4, -0.2) is 16.0 Å². The number of aromatic nitrogens is 3. The highest BCUT2D eigenvalue weighted by molar-refractivity contribution is 7.99. The monoisotopic (exact) mass is 516 g/mol. The minimum absolute atomic E-state index is 0.631. The van der Waals surface area contributed by atoms with Crippen molar-refractivity contribution in [2.24, 2.45) is 0 Å². The van der Waals surface area contributed by atoms with E-state index in [1.54, 1.807) is 11.8 Å². The molecule has 2 aromatic rings. The van der Waals surface area contributed by atoms with Gasteiger partial charge in [0.2, 0.25) is 5.89 Å². The van der Waals surface area contributed by atoms with Crippen LogP contribution in [0, 0.1) is 0 Å². The van der Waals surface area contributed by atoms with Crippen LogP contribution in [0.1, 0.15) is 142 Å². The van der Waals surface area contributed by atoms with Crippen LogP contribution in [0.2, 0.25) is 0 Å². The number of hydrogen-bond acceptors (Lipinski definition) is 4. The van der Waals surface area contributed by atoms with E-state index < -0.39 is 0 Å². The maximum absolute atomic E-state index is 5.90. The van der Waals surface area contributed by atoms with Crippen LogP contribution < -0.4 is 4.57 Å². The van der Waals surface area contributed by atoms with E-state index in [0.29, 0.717) is 11.1 Å². The first-order valence-electron chi connectivity index (χ1n) is 15.3. The molecule has 0 fully saturated rings. The quantitative estimate of drug-likeness (QED) is 0.0790. The van der Waals surface area contributed by atoms with Gasteiger partial charge in [0.05, 0.1) is 5.56 Å². The maximum Gasteiger partial charge on any atom is 0.276 e. The Morgan fingerprint density at radius 1 is 0.611 bits per heavy atom. The molecule has 4 nitrogen and oxygen atoms in total. The molecule has 2 heterocycles. The summed E-state index contributed by atoms with van der Waals surface area (Å²) < 4.78 is 8.17. The Morgan fingerprint density at radius 3 is 1.61 bits per heavy atom. The normalized spacial score (nSPS) is 11.4. The minimum atomic E-state index is 0.631. The summed E-state index contributed by atoms with van der Waals surface area (Å²) in [6.07, 6.45) is 31.7. The van der Waals surface area contributed by atoms with Gasteiger partial charge in [0.15, 0.2) is 12.4 Å². The number of rotatable bonds is 24. The Bertz CT molecular complexity index is 747. The highest BCUT2D eigenvalue weighted by Crippen LogP contribution is 2.23.